The lowest BCUT2D eigenvalue weighted by Crippen LogP contribution is -2.46. The molecule has 18 heavy (non-hydrogen) atoms. The van der Waals surface area contributed by atoms with Crippen molar-refractivity contribution in [3.8, 4) is 5.75 Å². The van der Waals surface area contributed by atoms with Gasteiger partial charge in [0.25, 0.3) is 5.91 Å². The van der Waals surface area contributed by atoms with Crippen LogP contribution in [0.3, 0.4) is 0 Å². The van der Waals surface area contributed by atoms with E-state index in [2.05, 4.69) is 12.2 Å². The van der Waals surface area contributed by atoms with Gasteiger partial charge >= 0.3 is 0 Å². The van der Waals surface area contributed by atoms with E-state index < -0.39 is 0 Å². The third kappa shape index (κ3) is 2.03. The van der Waals surface area contributed by atoms with Gasteiger partial charge in [-0.2, -0.15) is 0 Å². The Morgan fingerprint density at radius 3 is 3.06 bits per heavy atom. The van der Waals surface area contributed by atoms with E-state index in [-0.39, 0.29) is 12.0 Å². The minimum absolute atomic E-state index is 0.112. The third-order valence-electron chi connectivity index (χ3n) is 3.65. The van der Waals surface area contributed by atoms with Gasteiger partial charge in [0.05, 0.1) is 12.2 Å². The molecule has 0 aromatic heterocycles. The first kappa shape index (κ1) is 11.4. The standard InChI is InChI=1S/C14H18N2O2/c1-10-6-7-16(9-10)14(17)13-8-15-11-4-2-3-5-12(11)18-13/h2-5,10,13,15H,6-9H2,1H3. The highest BCUT2D eigenvalue weighted by atomic mass is 16.5. The van der Waals surface area contributed by atoms with Crippen molar-refractivity contribution in [1.82, 2.24) is 4.90 Å². The van der Waals surface area contributed by atoms with Gasteiger partial charge < -0.3 is 15.0 Å². The maximum atomic E-state index is 12.3. The number of likely N-dealkylation sites (tertiary alicyclic amines) is 1. The molecule has 2 heterocycles. The first-order valence-electron chi connectivity index (χ1n) is 6.52. The number of hydrogen-bond donors (Lipinski definition) is 1. The number of carbonyl (C=O) groups is 1. The van der Waals surface area contributed by atoms with Crippen molar-refractivity contribution in [3.05, 3.63) is 24.3 Å². The van der Waals surface area contributed by atoms with Crippen LogP contribution in [0.15, 0.2) is 24.3 Å². The minimum atomic E-state index is -0.384. The van der Waals surface area contributed by atoms with E-state index in [1.807, 2.05) is 29.2 Å². The second-order valence-electron chi connectivity index (χ2n) is 5.16. The SMILES string of the molecule is CC1CCN(C(=O)C2CNc3ccccc3O2)C1. The van der Waals surface area contributed by atoms with E-state index in [1.165, 1.54) is 0 Å². The molecule has 0 aliphatic carbocycles. The zero-order chi connectivity index (χ0) is 12.5. The van der Waals surface area contributed by atoms with Crippen molar-refractivity contribution in [2.24, 2.45) is 5.92 Å². The molecule has 4 nitrogen and oxygen atoms in total. The number of rotatable bonds is 1. The Balaban J connectivity index is 1.70. The van der Waals surface area contributed by atoms with Gasteiger partial charge in [-0.3, -0.25) is 4.79 Å². The van der Waals surface area contributed by atoms with Crippen molar-refractivity contribution in [2.45, 2.75) is 19.4 Å². The predicted octanol–water partition coefficient (Wildman–Crippen LogP) is 1.73. The van der Waals surface area contributed by atoms with Gasteiger partial charge in [0.2, 0.25) is 0 Å². The average Bonchev–Trinajstić information content (AvgIpc) is 2.84. The molecule has 0 saturated carbocycles. The Morgan fingerprint density at radius 2 is 2.28 bits per heavy atom. The van der Waals surface area contributed by atoms with Gasteiger partial charge in [0.1, 0.15) is 5.75 Å². The molecule has 1 amide bonds. The summed E-state index contributed by atoms with van der Waals surface area (Å²) >= 11 is 0. The third-order valence-corrected chi connectivity index (χ3v) is 3.65. The van der Waals surface area contributed by atoms with E-state index in [0.29, 0.717) is 12.5 Å². The molecule has 1 aromatic carbocycles. The van der Waals surface area contributed by atoms with Crippen LogP contribution in [-0.2, 0) is 4.79 Å². The summed E-state index contributed by atoms with van der Waals surface area (Å²) in [7, 11) is 0. The van der Waals surface area contributed by atoms with Crippen LogP contribution in [0.2, 0.25) is 0 Å². The quantitative estimate of drug-likeness (QED) is 0.820. The fourth-order valence-electron chi connectivity index (χ4n) is 2.59. The molecule has 0 spiro atoms. The number of benzene rings is 1. The van der Waals surface area contributed by atoms with Crippen LogP contribution in [0.25, 0.3) is 0 Å². The molecule has 0 bridgehead atoms. The topological polar surface area (TPSA) is 41.6 Å². The van der Waals surface area contributed by atoms with Gasteiger partial charge in [-0.25, -0.2) is 0 Å². The van der Waals surface area contributed by atoms with Crippen molar-refractivity contribution in [2.75, 3.05) is 25.0 Å². The van der Waals surface area contributed by atoms with Gasteiger partial charge in [0, 0.05) is 13.1 Å². The fraction of sp³-hybridized carbons (Fsp3) is 0.500. The van der Waals surface area contributed by atoms with E-state index in [1.54, 1.807) is 0 Å². The highest BCUT2D eigenvalue weighted by Crippen LogP contribution is 2.29. The first-order valence-corrected chi connectivity index (χ1v) is 6.52. The summed E-state index contributed by atoms with van der Waals surface area (Å²) in [6.45, 7) is 4.46. The van der Waals surface area contributed by atoms with E-state index in [9.17, 15) is 4.79 Å². The van der Waals surface area contributed by atoms with Crippen molar-refractivity contribution in [1.29, 1.82) is 0 Å². The summed E-state index contributed by atoms with van der Waals surface area (Å²) in [6.07, 6.45) is 0.716. The number of ether oxygens (including phenoxy) is 1. The summed E-state index contributed by atoms with van der Waals surface area (Å²) < 4.78 is 5.79. The number of nitrogens with zero attached hydrogens (tertiary/aromatic N) is 1. The van der Waals surface area contributed by atoms with Crippen molar-refractivity contribution in [3.63, 3.8) is 0 Å². The van der Waals surface area contributed by atoms with Crippen LogP contribution in [0.4, 0.5) is 5.69 Å². The van der Waals surface area contributed by atoms with Crippen LogP contribution >= 0.6 is 0 Å². The second-order valence-corrected chi connectivity index (χ2v) is 5.16. The zero-order valence-electron chi connectivity index (χ0n) is 10.6. The van der Waals surface area contributed by atoms with Crippen molar-refractivity contribution >= 4 is 11.6 Å². The molecular formula is C14H18N2O2. The smallest absolute Gasteiger partial charge is 0.265 e. The Kier molecular flexibility index (Phi) is 2.86. The number of nitrogens with one attached hydrogen (secondary N) is 1. The maximum Gasteiger partial charge on any atom is 0.265 e. The zero-order valence-corrected chi connectivity index (χ0v) is 10.6. The summed E-state index contributed by atoms with van der Waals surface area (Å²) in [5.41, 5.74) is 0.969. The van der Waals surface area contributed by atoms with Gasteiger partial charge in [-0.15, -0.1) is 0 Å². The Bertz CT molecular complexity index is 461. The van der Waals surface area contributed by atoms with Crippen LogP contribution in [-0.4, -0.2) is 36.5 Å². The number of carbonyl (C=O) groups excluding carboxylic acids is 1. The highest BCUT2D eigenvalue weighted by Gasteiger charge is 2.32. The molecule has 1 saturated heterocycles. The fourth-order valence-corrected chi connectivity index (χ4v) is 2.59. The first-order chi connectivity index (χ1) is 8.74. The Hall–Kier alpha value is -1.71. The highest BCUT2D eigenvalue weighted by molar-refractivity contribution is 5.83. The van der Waals surface area contributed by atoms with Crippen LogP contribution in [0, 0.1) is 5.92 Å². The number of hydrogen-bond acceptors (Lipinski definition) is 3. The lowest BCUT2D eigenvalue weighted by atomic mass is 10.2. The van der Waals surface area contributed by atoms with Crippen LogP contribution in [0.1, 0.15) is 13.3 Å². The molecule has 3 rings (SSSR count). The molecule has 2 aliphatic rings. The molecule has 2 unspecified atom stereocenters. The average molecular weight is 246 g/mol. The van der Waals surface area contributed by atoms with Gasteiger partial charge in [-0.1, -0.05) is 19.1 Å². The van der Waals surface area contributed by atoms with E-state index >= 15 is 0 Å². The van der Waals surface area contributed by atoms with E-state index in [0.717, 1.165) is 30.9 Å². The lowest BCUT2D eigenvalue weighted by molar-refractivity contribution is -0.137. The second kappa shape index (κ2) is 4.52. The van der Waals surface area contributed by atoms with Gasteiger partial charge in [0.15, 0.2) is 6.10 Å². The minimum Gasteiger partial charge on any atom is -0.477 e. The summed E-state index contributed by atoms with van der Waals surface area (Å²) in [5.74, 6) is 1.49. The predicted molar refractivity (Wildman–Crippen MR) is 69.7 cm³/mol. The lowest BCUT2D eigenvalue weighted by Gasteiger charge is -2.29. The normalized spacial score (nSPS) is 26.2. The van der Waals surface area contributed by atoms with Crippen LogP contribution < -0.4 is 10.1 Å². The van der Waals surface area contributed by atoms with Crippen LogP contribution in [0.5, 0.6) is 5.75 Å². The molecule has 2 aliphatic heterocycles. The largest absolute Gasteiger partial charge is 0.477 e. The molecule has 4 heteroatoms. The maximum absolute atomic E-state index is 12.3. The Labute approximate surface area is 107 Å². The summed E-state index contributed by atoms with van der Waals surface area (Å²) in [5, 5.41) is 3.26. The number of anilines is 1. The summed E-state index contributed by atoms with van der Waals surface area (Å²) in [6, 6.07) is 7.74. The molecule has 1 aromatic rings. The van der Waals surface area contributed by atoms with Crippen molar-refractivity contribution < 1.29 is 9.53 Å². The number of para-hydroxylation sites is 2. The molecule has 1 fully saturated rings. The molecule has 96 valence electrons. The number of amides is 1. The van der Waals surface area contributed by atoms with E-state index in [4.69, 9.17) is 4.74 Å². The van der Waals surface area contributed by atoms with Gasteiger partial charge in [-0.05, 0) is 24.5 Å². The molecular weight excluding hydrogens is 228 g/mol. The molecule has 1 N–H and O–H groups in total. The monoisotopic (exact) mass is 246 g/mol. The number of fused-ring (bicyclic) bond motifs is 1. The Morgan fingerprint density at radius 1 is 1.44 bits per heavy atom. The molecule has 0 radical (unpaired) electrons. The molecule has 2 atom stereocenters. The summed E-state index contributed by atoms with van der Waals surface area (Å²) in [4.78, 5) is 14.2.